The number of anilines is 1. The minimum absolute atomic E-state index is 0.265. The van der Waals surface area contributed by atoms with Gasteiger partial charge in [0.15, 0.2) is 17.0 Å². The van der Waals surface area contributed by atoms with Crippen molar-refractivity contribution >= 4 is 17.0 Å². The Balaban J connectivity index is 1.33. The number of aromatic nitrogens is 5. The van der Waals surface area contributed by atoms with Gasteiger partial charge in [-0.3, -0.25) is 0 Å². The van der Waals surface area contributed by atoms with Crippen molar-refractivity contribution in [1.82, 2.24) is 25.0 Å². The SMILES string of the molecule is C1=CC2OC1C1CN(c3ncnc4c3nnn4Cc3ccccc3)CC21. The molecule has 0 radical (unpaired) electrons. The maximum atomic E-state index is 5.98. The zero-order chi connectivity index (χ0) is 17.1. The molecular formula is C19H18N6O. The summed E-state index contributed by atoms with van der Waals surface area (Å²) in [6.07, 6.45) is 6.57. The van der Waals surface area contributed by atoms with Crippen molar-refractivity contribution < 1.29 is 4.74 Å². The van der Waals surface area contributed by atoms with Gasteiger partial charge in [-0.2, -0.15) is 0 Å². The number of hydrogen-bond acceptors (Lipinski definition) is 6. The number of benzene rings is 1. The van der Waals surface area contributed by atoms with Crippen LogP contribution in [0.5, 0.6) is 0 Å². The van der Waals surface area contributed by atoms with Crippen LogP contribution in [0.25, 0.3) is 11.2 Å². The highest BCUT2D eigenvalue weighted by Gasteiger charge is 2.51. The summed E-state index contributed by atoms with van der Waals surface area (Å²) in [5.41, 5.74) is 2.74. The van der Waals surface area contributed by atoms with Crippen molar-refractivity contribution in [3.63, 3.8) is 0 Å². The lowest BCUT2D eigenvalue weighted by atomic mass is 9.86. The third-order valence-electron chi connectivity index (χ3n) is 5.82. The fraction of sp³-hybridized carbons (Fsp3) is 0.368. The molecule has 130 valence electrons. The van der Waals surface area contributed by atoms with Crippen LogP contribution in [0, 0.1) is 11.8 Å². The molecule has 26 heavy (non-hydrogen) atoms. The van der Waals surface area contributed by atoms with Gasteiger partial charge in [0.2, 0.25) is 0 Å². The van der Waals surface area contributed by atoms with Gasteiger partial charge in [0, 0.05) is 24.9 Å². The molecule has 7 nitrogen and oxygen atoms in total. The Hall–Kier alpha value is -2.80. The Labute approximate surface area is 150 Å². The molecule has 1 aromatic carbocycles. The Bertz CT molecular complexity index is 980. The summed E-state index contributed by atoms with van der Waals surface area (Å²) in [7, 11) is 0. The van der Waals surface area contributed by atoms with E-state index in [1.165, 1.54) is 5.56 Å². The Morgan fingerprint density at radius 1 is 1.00 bits per heavy atom. The van der Waals surface area contributed by atoms with E-state index in [0.29, 0.717) is 18.4 Å². The van der Waals surface area contributed by atoms with Crippen LogP contribution in [0.4, 0.5) is 5.82 Å². The number of hydrogen-bond donors (Lipinski definition) is 0. The van der Waals surface area contributed by atoms with Gasteiger partial charge >= 0.3 is 0 Å². The second kappa shape index (κ2) is 5.35. The summed E-state index contributed by atoms with van der Waals surface area (Å²) in [6, 6.07) is 10.2. The highest BCUT2D eigenvalue weighted by atomic mass is 16.5. The topological polar surface area (TPSA) is 69.0 Å². The molecule has 6 rings (SSSR count). The average molecular weight is 346 g/mol. The number of rotatable bonds is 3. The lowest BCUT2D eigenvalue weighted by molar-refractivity contribution is 0.100. The molecule has 7 heteroatoms. The predicted molar refractivity (Wildman–Crippen MR) is 95.7 cm³/mol. The maximum absolute atomic E-state index is 5.98. The lowest BCUT2D eigenvalue weighted by Gasteiger charge is -2.19. The minimum atomic E-state index is 0.265. The molecule has 0 aliphatic carbocycles. The van der Waals surface area contributed by atoms with Gasteiger partial charge in [0.1, 0.15) is 6.33 Å². The summed E-state index contributed by atoms with van der Waals surface area (Å²) >= 11 is 0. The van der Waals surface area contributed by atoms with Crippen molar-refractivity contribution in [3.05, 3.63) is 54.4 Å². The fourth-order valence-electron chi connectivity index (χ4n) is 4.57. The molecule has 0 spiro atoms. The third kappa shape index (κ3) is 2.03. The summed E-state index contributed by atoms with van der Waals surface area (Å²) in [4.78, 5) is 11.3. The van der Waals surface area contributed by atoms with Gasteiger partial charge in [-0.25, -0.2) is 14.6 Å². The molecule has 2 aromatic heterocycles. The van der Waals surface area contributed by atoms with E-state index in [1.807, 2.05) is 22.9 Å². The Morgan fingerprint density at radius 3 is 2.54 bits per heavy atom. The molecule has 3 aliphatic rings. The minimum Gasteiger partial charge on any atom is -0.366 e. The molecule has 0 saturated carbocycles. The van der Waals surface area contributed by atoms with Gasteiger partial charge < -0.3 is 9.64 Å². The van der Waals surface area contributed by atoms with Crippen LogP contribution in [-0.4, -0.2) is 50.3 Å². The highest BCUT2D eigenvalue weighted by molar-refractivity contribution is 5.82. The Kier molecular flexibility index (Phi) is 2.96. The van der Waals surface area contributed by atoms with Crippen molar-refractivity contribution in [2.24, 2.45) is 11.8 Å². The molecule has 5 heterocycles. The van der Waals surface area contributed by atoms with Crippen LogP contribution in [0.15, 0.2) is 48.8 Å². The van der Waals surface area contributed by atoms with Gasteiger partial charge in [-0.1, -0.05) is 47.7 Å². The van der Waals surface area contributed by atoms with Crippen molar-refractivity contribution in [3.8, 4) is 0 Å². The van der Waals surface area contributed by atoms with Crippen LogP contribution in [0.1, 0.15) is 5.56 Å². The van der Waals surface area contributed by atoms with Gasteiger partial charge in [0.05, 0.1) is 18.8 Å². The monoisotopic (exact) mass is 346 g/mol. The first kappa shape index (κ1) is 14.4. The van der Waals surface area contributed by atoms with E-state index in [-0.39, 0.29) is 12.2 Å². The molecule has 2 fully saturated rings. The maximum Gasteiger partial charge on any atom is 0.184 e. The van der Waals surface area contributed by atoms with Gasteiger partial charge in [-0.05, 0) is 5.56 Å². The average Bonchev–Trinajstić information content (AvgIpc) is 3.44. The quantitative estimate of drug-likeness (QED) is 0.672. The predicted octanol–water partition coefficient (Wildman–Crippen LogP) is 1.66. The first-order valence-electron chi connectivity index (χ1n) is 9.04. The lowest BCUT2D eigenvalue weighted by Crippen LogP contribution is -2.25. The third-order valence-corrected chi connectivity index (χ3v) is 5.82. The number of fused-ring (bicyclic) bond motifs is 6. The zero-order valence-corrected chi connectivity index (χ0v) is 14.1. The molecule has 3 aliphatic heterocycles. The normalized spacial score (nSPS) is 29.0. The molecule has 4 atom stereocenters. The van der Waals surface area contributed by atoms with Crippen LogP contribution in [0.3, 0.4) is 0 Å². The van der Waals surface area contributed by atoms with Crippen LogP contribution in [0.2, 0.25) is 0 Å². The van der Waals surface area contributed by atoms with E-state index < -0.39 is 0 Å². The first-order chi connectivity index (χ1) is 12.9. The van der Waals surface area contributed by atoms with Crippen LogP contribution >= 0.6 is 0 Å². The van der Waals surface area contributed by atoms with E-state index in [1.54, 1.807) is 6.33 Å². The van der Waals surface area contributed by atoms with Gasteiger partial charge in [0.25, 0.3) is 0 Å². The molecule has 2 bridgehead atoms. The van der Waals surface area contributed by atoms with Crippen molar-refractivity contribution in [2.75, 3.05) is 18.0 Å². The molecule has 0 N–H and O–H groups in total. The fourth-order valence-corrected chi connectivity index (χ4v) is 4.57. The van der Waals surface area contributed by atoms with Crippen LogP contribution in [-0.2, 0) is 11.3 Å². The number of ether oxygens (including phenoxy) is 1. The standard InChI is InChI=1S/C19H18N6O/c1-2-4-12(5-3-1)8-25-19-17(22-23-25)18(20-11-21-19)24-9-13-14(10-24)16-7-6-15(13)26-16/h1-7,11,13-16H,8-10H2. The van der Waals surface area contributed by atoms with Crippen molar-refractivity contribution in [2.45, 2.75) is 18.8 Å². The summed E-state index contributed by atoms with van der Waals surface area (Å²) < 4.78 is 7.83. The molecule has 4 unspecified atom stereocenters. The largest absolute Gasteiger partial charge is 0.366 e. The van der Waals surface area contributed by atoms with E-state index in [2.05, 4.69) is 49.5 Å². The number of nitrogens with zero attached hydrogens (tertiary/aromatic N) is 6. The summed E-state index contributed by atoms with van der Waals surface area (Å²) in [6.45, 7) is 2.56. The molecule has 3 aromatic rings. The van der Waals surface area contributed by atoms with E-state index >= 15 is 0 Å². The van der Waals surface area contributed by atoms with E-state index in [0.717, 1.165) is 30.1 Å². The smallest absolute Gasteiger partial charge is 0.184 e. The summed E-state index contributed by atoms with van der Waals surface area (Å²) in [5, 5.41) is 8.74. The Morgan fingerprint density at radius 2 is 1.77 bits per heavy atom. The second-order valence-electron chi connectivity index (χ2n) is 7.29. The highest BCUT2D eigenvalue weighted by Crippen LogP contribution is 2.44. The van der Waals surface area contributed by atoms with Crippen molar-refractivity contribution in [1.29, 1.82) is 0 Å². The zero-order valence-electron chi connectivity index (χ0n) is 14.1. The molecule has 0 amide bonds. The molecule has 2 saturated heterocycles. The molecular weight excluding hydrogens is 328 g/mol. The summed E-state index contributed by atoms with van der Waals surface area (Å²) in [5.74, 6) is 1.99. The van der Waals surface area contributed by atoms with E-state index in [9.17, 15) is 0 Å². The van der Waals surface area contributed by atoms with E-state index in [4.69, 9.17) is 4.74 Å². The van der Waals surface area contributed by atoms with Gasteiger partial charge in [-0.15, -0.1) is 5.10 Å². The first-order valence-corrected chi connectivity index (χ1v) is 9.04. The second-order valence-corrected chi connectivity index (χ2v) is 7.29. The van der Waals surface area contributed by atoms with Crippen LogP contribution < -0.4 is 4.90 Å².